The summed E-state index contributed by atoms with van der Waals surface area (Å²) in [6.07, 6.45) is 0.368. The molecule has 24 N–H and O–H groups in total. The number of H-pyrrole nitrogens is 1. The molecule has 2 saturated heterocycles. The number of rotatable bonds is 31. The van der Waals surface area contributed by atoms with Crippen molar-refractivity contribution in [3.8, 4) is 11.5 Å². The number of nitrogens with zero attached hydrogens (tertiary/aromatic N) is 1. The number of aliphatic carboxylic acids is 2. The number of fused-ring (bicyclic) bond motifs is 1. The number of aliphatic hydroxyl groups excluding tert-OH is 2. The number of carbonyl (C=O) groups is 14. The lowest BCUT2D eigenvalue weighted by atomic mass is 9.90. The number of aromatic amines is 1. The summed E-state index contributed by atoms with van der Waals surface area (Å²) in [6, 6.07) is 15.6. The van der Waals surface area contributed by atoms with Gasteiger partial charge in [0.15, 0.2) is 23.6 Å². The Labute approximate surface area is 696 Å². The van der Waals surface area contributed by atoms with Crippen LogP contribution in [-0.4, -0.2) is 235 Å². The predicted molar refractivity (Wildman–Crippen MR) is 445 cm³/mol. The molecule has 1 aromatic heterocycles. The molecule has 0 spiro atoms. The molecular weight excluding hydrogens is 1580 g/mol. The fourth-order valence-electron chi connectivity index (χ4n) is 13.2. The number of nitrogens with two attached hydrogens (primary N) is 3. The molecule has 38 heteroatoms. The number of Topliss-reactive ketones (excluding diaryl/α,β-unsaturated/α-hetero) is 2. The first kappa shape index (κ1) is 96.6. The highest BCUT2D eigenvalue weighted by Gasteiger charge is 2.39. The van der Waals surface area contributed by atoms with Crippen LogP contribution in [0.3, 0.4) is 0 Å². The van der Waals surface area contributed by atoms with Crippen molar-refractivity contribution in [1.82, 2.24) is 63.5 Å². The number of aromatic nitrogens is 1. The average Bonchev–Trinajstić information content (AvgIpc) is 1.70. The highest BCUT2D eigenvalue weighted by molar-refractivity contribution is 8.76. The molecular formula is C81H112N16O20S2. The van der Waals surface area contributed by atoms with Crippen LogP contribution in [0.25, 0.3) is 10.9 Å². The van der Waals surface area contributed by atoms with Gasteiger partial charge in [-0.25, -0.2) is 4.79 Å². The average molecular weight is 1690 g/mol. The van der Waals surface area contributed by atoms with Crippen molar-refractivity contribution in [3.63, 3.8) is 0 Å². The summed E-state index contributed by atoms with van der Waals surface area (Å²) in [5.74, 6) is -15.1. The number of benzene rings is 4. The number of carboxylic acid groups (broad SMARTS) is 2. The van der Waals surface area contributed by atoms with Gasteiger partial charge in [0.2, 0.25) is 59.1 Å². The van der Waals surface area contributed by atoms with Gasteiger partial charge in [0.25, 0.3) is 0 Å². The number of nitrogens with one attached hydrogen (secondary N) is 12. The minimum Gasteiger partial charge on any atom is -0.508 e. The molecule has 4 aromatic carbocycles. The Bertz CT molecular complexity index is 4270. The molecule has 0 aliphatic carbocycles. The molecule has 0 bridgehead atoms. The molecule has 10 amide bonds. The number of para-hydroxylation sites is 1. The quantitative estimate of drug-likeness (QED) is 0.0118. The number of aliphatic hydroxyl groups is 2. The van der Waals surface area contributed by atoms with Gasteiger partial charge in [-0.3, -0.25) is 67.3 Å². The largest absolute Gasteiger partial charge is 0.508 e. The molecule has 14 atom stereocenters. The monoisotopic (exact) mass is 1690 g/mol. The zero-order chi connectivity index (χ0) is 87.3. The summed E-state index contributed by atoms with van der Waals surface area (Å²) in [6.45, 7) is 4.82. The van der Waals surface area contributed by atoms with Crippen LogP contribution in [0.1, 0.15) is 120 Å². The Morgan fingerprint density at radius 2 is 1.15 bits per heavy atom. The number of carbonyl (C=O) groups excluding carboxylic acids is 12. The van der Waals surface area contributed by atoms with Crippen LogP contribution in [0.5, 0.6) is 11.5 Å². The second-order valence-corrected chi connectivity index (χ2v) is 31.9. The number of ketones is 2. The van der Waals surface area contributed by atoms with Crippen LogP contribution in [0.2, 0.25) is 0 Å². The third-order valence-electron chi connectivity index (χ3n) is 19.9. The van der Waals surface area contributed by atoms with E-state index in [0.717, 1.165) is 45.0 Å². The first-order chi connectivity index (χ1) is 56.8. The minimum absolute atomic E-state index is 0.000807. The Kier molecular flexibility index (Phi) is 40.5. The molecule has 2 aliphatic rings. The lowest BCUT2D eigenvalue weighted by Gasteiger charge is -2.29. The maximum Gasteiger partial charge on any atom is 0.328 e. The number of amides is 10. The topological polar surface area (TPSA) is 599 Å². The summed E-state index contributed by atoms with van der Waals surface area (Å²) in [5, 5.41) is 89.7. The first-order valence-electron chi connectivity index (χ1n) is 39.4. The smallest absolute Gasteiger partial charge is 0.328 e. The number of aliphatic imine (C=N–C) groups is 1. The minimum atomic E-state index is -1.80. The van der Waals surface area contributed by atoms with Crippen molar-refractivity contribution in [2.24, 2.45) is 39.9 Å². The van der Waals surface area contributed by atoms with Gasteiger partial charge >= 0.3 is 11.9 Å². The number of carboxylic acids is 2. The Morgan fingerprint density at radius 3 is 1.76 bits per heavy atom. The lowest BCUT2D eigenvalue weighted by molar-refractivity contribution is -0.145. The highest BCUT2D eigenvalue weighted by atomic mass is 33.1. The molecule has 3 heterocycles. The molecule has 36 nitrogen and oxygen atoms in total. The second kappa shape index (κ2) is 49.9. The fourth-order valence-corrected chi connectivity index (χ4v) is 15.5. The number of guanidine groups is 1. The van der Waals surface area contributed by atoms with Gasteiger partial charge in [0.1, 0.15) is 53.8 Å². The number of phenols is 2. The van der Waals surface area contributed by atoms with Crippen molar-refractivity contribution in [2.45, 2.75) is 190 Å². The van der Waals surface area contributed by atoms with Gasteiger partial charge in [0.05, 0.1) is 31.2 Å². The third-order valence-corrected chi connectivity index (χ3v) is 22.3. The summed E-state index contributed by atoms with van der Waals surface area (Å²) in [5.41, 5.74) is 19.9. The van der Waals surface area contributed by atoms with E-state index < -0.39 is 186 Å². The molecule has 7 rings (SSSR count). The molecule has 119 heavy (non-hydrogen) atoms. The van der Waals surface area contributed by atoms with Gasteiger partial charge in [-0.15, -0.1) is 0 Å². The Morgan fingerprint density at radius 1 is 0.588 bits per heavy atom. The maximum absolute atomic E-state index is 14.9. The van der Waals surface area contributed by atoms with Gasteiger partial charge in [-0.05, 0) is 157 Å². The maximum atomic E-state index is 14.9. The SMILES string of the molecule is CC[C@H](Cc1ccccc1)C(=O)N[C@H]1CSSC[C@@H](C(=O)N[C@H](C(=O)O)[C@@H](C)O)NC(=O)[C@H]([C@@H](C)O)NC(=O)[C@H](CCCCN)NC(=O)[C@@H](Cc2c[nH]c3ccccc23)NC(=O)[C@H](Cc2ccc(O)cc2)CC1=O.CNCCCCC1NC(=O)C(CCCN=C(N)N)CC(=O)CNC(=O)C(CC(=O)O)NC(=O)C(Cc2ccc(O)cc2)NC1=O. The molecule has 2 aliphatic heterocycles. The van der Waals surface area contributed by atoms with Gasteiger partial charge < -0.3 is 111 Å². The molecule has 648 valence electrons. The van der Waals surface area contributed by atoms with Gasteiger partial charge in [-0.1, -0.05) is 101 Å². The Hall–Kier alpha value is -11.2. The van der Waals surface area contributed by atoms with E-state index in [-0.39, 0.29) is 87.0 Å². The van der Waals surface area contributed by atoms with Crippen molar-refractivity contribution >= 4 is 121 Å². The third kappa shape index (κ3) is 32.9. The summed E-state index contributed by atoms with van der Waals surface area (Å²) < 4.78 is 0. The number of aromatic hydroxyl groups is 2. The van der Waals surface area contributed by atoms with E-state index in [1.165, 1.54) is 31.2 Å². The second-order valence-electron chi connectivity index (χ2n) is 29.3. The Balaban J connectivity index is 0.000000417. The van der Waals surface area contributed by atoms with Crippen LogP contribution >= 0.6 is 21.6 Å². The fraction of sp³-hybridized carbons (Fsp3) is 0.494. The predicted octanol–water partition coefficient (Wildman–Crippen LogP) is -0.206. The van der Waals surface area contributed by atoms with E-state index in [2.05, 4.69) is 68.5 Å². The number of hydrogen-bond acceptors (Lipinski definition) is 23. The van der Waals surface area contributed by atoms with Crippen molar-refractivity contribution < 1.29 is 97.8 Å². The highest BCUT2D eigenvalue weighted by Crippen LogP contribution is 2.28. The van der Waals surface area contributed by atoms with Crippen LogP contribution in [0.4, 0.5) is 0 Å². The lowest BCUT2D eigenvalue weighted by Crippen LogP contribution is -2.62. The zero-order valence-electron chi connectivity index (χ0n) is 66.9. The van der Waals surface area contributed by atoms with E-state index in [4.69, 9.17) is 17.2 Å². The van der Waals surface area contributed by atoms with E-state index >= 15 is 0 Å². The summed E-state index contributed by atoms with van der Waals surface area (Å²) in [4.78, 5) is 198. The van der Waals surface area contributed by atoms with E-state index in [1.54, 1.807) is 37.5 Å². The van der Waals surface area contributed by atoms with Crippen LogP contribution in [0.15, 0.2) is 114 Å². The standard InChI is InChI=1S/C52H68N8O12S2.C29H44N8O8/c1-4-33(22-31-12-6-5-7-13-31)46(65)57-41-27-73-74-28-42(50(69)60-45(30(3)62)52(71)72)58-51(70)44(29(2)61)59-48(67)39(16-10-11-21-53)55-49(68)40(24-35-26-54-38-15-9-8-14-37(35)38)56-47(66)34(25-43(41)64)23-32-17-19-36(63)20-18-32;1-32-11-3-2-6-21-27(44)36-22(13-17-7-9-19(38)10-8-17)28(45)37-23(15-24(40)41)26(43)34-16-20(39)14-18(25(42)35-21)5-4-12-33-29(30)31/h5-9,12-15,17-20,26,29-30,33-34,39-42,44-45,54,61-63H,4,10-11,16,21-25,27-28,53H2,1-3H3,(H,55,68)(H,56,66)(H,57,65)(H,58,70)(H,59,67)(H,60,69)(H,71,72);7-10,18,21-23,32,38H,2-6,11-16H2,1H3,(H,34,43)(H,35,42)(H,36,44)(H,37,45)(H,40,41)(H4,30,31,33)/t29-,30-,33-,34-,39+,40-,41+,42+,44+,45+;/m1./s1. The van der Waals surface area contributed by atoms with Crippen LogP contribution in [0, 0.1) is 17.8 Å². The molecule has 4 unspecified atom stereocenters. The van der Waals surface area contributed by atoms with Crippen LogP contribution in [-0.2, 0) is 92.8 Å². The zero-order valence-corrected chi connectivity index (χ0v) is 68.6. The van der Waals surface area contributed by atoms with Crippen LogP contribution < -0.4 is 75.7 Å². The number of unbranched alkanes of at least 4 members (excludes halogenated alkanes) is 2. The normalized spacial score (nSPS) is 22.2. The van der Waals surface area contributed by atoms with E-state index in [1.807, 2.05) is 61.5 Å². The number of phenolic OH excluding ortho intramolecular Hbond substituents is 2. The van der Waals surface area contributed by atoms with Crippen molar-refractivity contribution in [1.29, 1.82) is 0 Å². The summed E-state index contributed by atoms with van der Waals surface area (Å²) in [7, 11) is 3.80. The molecule has 0 radical (unpaired) electrons. The van der Waals surface area contributed by atoms with Gasteiger partial charge in [0, 0.05) is 78.6 Å². The number of hydrogen-bond donors (Lipinski definition) is 21. The first-order valence-corrected chi connectivity index (χ1v) is 41.9. The van der Waals surface area contributed by atoms with Crippen molar-refractivity contribution in [2.75, 3.05) is 44.7 Å². The summed E-state index contributed by atoms with van der Waals surface area (Å²) >= 11 is 0. The van der Waals surface area contributed by atoms with E-state index in [0.29, 0.717) is 68.2 Å². The van der Waals surface area contributed by atoms with E-state index in [9.17, 15) is 97.8 Å². The van der Waals surface area contributed by atoms with Gasteiger partial charge in [-0.2, -0.15) is 0 Å². The van der Waals surface area contributed by atoms with Crippen molar-refractivity contribution in [3.05, 3.63) is 132 Å². The molecule has 0 saturated carbocycles. The molecule has 2 fully saturated rings. The molecule has 5 aromatic rings.